The molecule has 0 spiro atoms. The van der Waals surface area contributed by atoms with Crippen LogP contribution in [0.15, 0.2) is 61.1 Å². The number of carboxylic acid groups (broad SMARTS) is 1. The minimum Gasteiger partial charge on any atom is -0.476 e. The third-order valence-electron chi connectivity index (χ3n) is 2.82. The molecule has 3 aromatic rings. The van der Waals surface area contributed by atoms with Crippen molar-refractivity contribution in [2.75, 3.05) is 0 Å². The van der Waals surface area contributed by atoms with Gasteiger partial charge in [0.05, 0.1) is 11.9 Å². The molecule has 1 N–H and O–H groups in total. The quantitative estimate of drug-likeness (QED) is 0.795. The van der Waals surface area contributed by atoms with Crippen LogP contribution in [0.5, 0.6) is 11.5 Å². The molecule has 21 heavy (non-hydrogen) atoms. The SMILES string of the molecule is O=C(O)c1c(Oc2ccccc2)cnn1-c1ccncc1. The Bertz CT molecular complexity index is 754. The summed E-state index contributed by atoms with van der Waals surface area (Å²) in [5.74, 6) is -0.380. The van der Waals surface area contributed by atoms with Crippen molar-refractivity contribution in [3.8, 4) is 17.2 Å². The van der Waals surface area contributed by atoms with E-state index in [1.54, 1.807) is 36.7 Å². The monoisotopic (exact) mass is 281 g/mol. The van der Waals surface area contributed by atoms with Gasteiger partial charge in [-0.2, -0.15) is 5.10 Å². The van der Waals surface area contributed by atoms with Gasteiger partial charge in [-0.25, -0.2) is 9.48 Å². The largest absolute Gasteiger partial charge is 0.476 e. The predicted molar refractivity (Wildman–Crippen MR) is 74.8 cm³/mol. The van der Waals surface area contributed by atoms with Crippen LogP contribution >= 0.6 is 0 Å². The number of benzene rings is 1. The van der Waals surface area contributed by atoms with Crippen LogP contribution in [0.3, 0.4) is 0 Å². The lowest BCUT2D eigenvalue weighted by molar-refractivity contribution is 0.0684. The van der Waals surface area contributed by atoms with E-state index in [0.29, 0.717) is 11.4 Å². The molecule has 0 aliphatic carbocycles. The van der Waals surface area contributed by atoms with Gasteiger partial charge >= 0.3 is 5.97 Å². The number of carboxylic acids is 1. The Balaban J connectivity index is 2.03. The lowest BCUT2D eigenvalue weighted by Gasteiger charge is -2.06. The minimum absolute atomic E-state index is 0.0370. The number of hydrogen-bond acceptors (Lipinski definition) is 4. The first-order valence-corrected chi connectivity index (χ1v) is 6.20. The fourth-order valence-corrected chi connectivity index (χ4v) is 1.90. The van der Waals surface area contributed by atoms with Crippen LogP contribution in [0.25, 0.3) is 5.69 Å². The zero-order chi connectivity index (χ0) is 14.7. The molecule has 0 amide bonds. The van der Waals surface area contributed by atoms with Crippen molar-refractivity contribution in [3.63, 3.8) is 0 Å². The van der Waals surface area contributed by atoms with E-state index in [1.165, 1.54) is 10.9 Å². The average molecular weight is 281 g/mol. The molecule has 0 atom stereocenters. The van der Waals surface area contributed by atoms with Crippen LogP contribution < -0.4 is 4.74 Å². The van der Waals surface area contributed by atoms with Gasteiger partial charge in [-0.1, -0.05) is 18.2 Å². The summed E-state index contributed by atoms with van der Waals surface area (Å²) < 4.78 is 6.90. The Hall–Kier alpha value is -3.15. The number of carbonyl (C=O) groups is 1. The van der Waals surface area contributed by atoms with Gasteiger partial charge in [0, 0.05) is 12.4 Å². The molecule has 6 nitrogen and oxygen atoms in total. The van der Waals surface area contributed by atoms with E-state index in [0.717, 1.165) is 0 Å². The number of ether oxygens (including phenoxy) is 1. The van der Waals surface area contributed by atoms with Crippen LogP contribution in [-0.2, 0) is 0 Å². The van der Waals surface area contributed by atoms with E-state index in [4.69, 9.17) is 4.74 Å². The molecule has 0 radical (unpaired) electrons. The van der Waals surface area contributed by atoms with Crippen LogP contribution in [0.2, 0.25) is 0 Å². The summed E-state index contributed by atoms with van der Waals surface area (Å²) in [6, 6.07) is 12.3. The maximum atomic E-state index is 11.5. The molecule has 0 fully saturated rings. The number of rotatable bonds is 4. The number of nitrogens with zero attached hydrogens (tertiary/aromatic N) is 3. The summed E-state index contributed by atoms with van der Waals surface area (Å²) in [7, 11) is 0. The van der Waals surface area contributed by atoms with Gasteiger partial charge in [0.15, 0.2) is 11.4 Å². The van der Waals surface area contributed by atoms with E-state index >= 15 is 0 Å². The fourth-order valence-electron chi connectivity index (χ4n) is 1.90. The first-order valence-electron chi connectivity index (χ1n) is 6.20. The summed E-state index contributed by atoms with van der Waals surface area (Å²) in [6.45, 7) is 0. The molecule has 0 saturated heterocycles. The molecular formula is C15H11N3O3. The van der Waals surface area contributed by atoms with Gasteiger partial charge in [0.1, 0.15) is 5.75 Å². The van der Waals surface area contributed by atoms with Gasteiger partial charge in [-0.3, -0.25) is 4.98 Å². The van der Waals surface area contributed by atoms with Gasteiger partial charge in [0.2, 0.25) is 0 Å². The first-order chi connectivity index (χ1) is 10.3. The third-order valence-corrected chi connectivity index (χ3v) is 2.82. The Kier molecular flexibility index (Phi) is 3.34. The zero-order valence-corrected chi connectivity index (χ0v) is 10.9. The molecule has 0 aliphatic rings. The molecule has 6 heteroatoms. The topological polar surface area (TPSA) is 77.2 Å². The minimum atomic E-state index is -1.12. The lowest BCUT2D eigenvalue weighted by atomic mass is 10.3. The van der Waals surface area contributed by atoms with Crippen molar-refractivity contribution >= 4 is 5.97 Å². The Morgan fingerprint density at radius 2 is 1.81 bits per heavy atom. The van der Waals surface area contributed by atoms with Gasteiger partial charge in [-0.15, -0.1) is 0 Å². The van der Waals surface area contributed by atoms with Crippen molar-refractivity contribution < 1.29 is 14.6 Å². The van der Waals surface area contributed by atoms with Gasteiger partial charge in [-0.05, 0) is 24.3 Å². The number of hydrogen-bond donors (Lipinski definition) is 1. The van der Waals surface area contributed by atoms with E-state index < -0.39 is 5.97 Å². The number of aromatic carboxylic acids is 1. The van der Waals surface area contributed by atoms with Crippen molar-refractivity contribution in [3.05, 3.63) is 66.7 Å². The van der Waals surface area contributed by atoms with Crippen molar-refractivity contribution in [2.24, 2.45) is 0 Å². The van der Waals surface area contributed by atoms with E-state index in [2.05, 4.69) is 10.1 Å². The summed E-state index contributed by atoms with van der Waals surface area (Å²) >= 11 is 0. The maximum absolute atomic E-state index is 11.5. The van der Waals surface area contributed by atoms with Crippen molar-refractivity contribution in [1.29, 1.82) is 0 Å². The van der Waals surface area contributed by atoms with E-state index in [-0.39, 0.29) is 11.4 Å². The first kappa shape index (κ1) is 12.9. The molecule has 2 aromatic heterocycles. The molecule has 1 aromatic carbocycles. The molecule has 0 unspecified atom stereocenters. The standard InChI is InChI=1S/C15H11N3O3/c19-15(20)14-13(21-12-4-2-1-3-5-12)10-17-18(14)11-6-8-16-9-7-11/h1-10H,(H,19,20). The Morgan fingerprint density at radius 1 is 1.10 bits per heavy atom. The number of pyridine rings is 1. The summed E-state index contributed by atoms with van der Waals surface area (Å²) in [4.78, 5) is 15.4. The van der Waals surface area contributed by atoms with Crippen molar-refractivity contribution in [2.45, 2.75) is 0 Å². The second kappa shape index (κ2) is 5.46. The third kappa shape index (κ3) is 2.59. The number of para-hydroxylation sites is 1. The van der Waals surface area contributed by atoms with Crippen LogP contribution in [0.1, 0.15) is 10.5 Å². The molecule has 3 rings (SSSR count). The zero-order valence-electron chi connectivity index (χ0n) is 10.9. The van der Waals surface area contributed by atoms with Gasteiger partial charge < -0.3 is 9.84 Å². The van der Waals surface area contributed by atoms with Crippen LogP contribution in [0.4, 0.5) is 0 Å². The molecule has 0 bridgehead atoms. The molecule has 0 aliphatic heterocycles. The molecule has 104 valence electrons. The second-order valence-corrected chi connectivity index (χ2v) is 4.19. The summed E-state index contributed by atoms with van der Waals surface area (Å²) in [6.07, 6.45) is 4.53. The summed E-state index contributed by atoms with van der Waals surface area (Å²) in [5.41, 5.74) is 0.565. The summed E-state index contributed by atoms with van der Waals surface area (Å²) in [5, 5.41) is 13.5. The van der Waals surface area contributed by atoms with E-state index in [9.17, 15) is 9.90 Å². The van der Waals surface area contributed by atoms with Crippen LogP contribution in [0, 0.1) is 0 Å². The van der Waals surface area contributed by atoms with Gasteiger partial charge in [0.25, 0.3) is 0 Å². The highest BCUT2D eigenvalue weighted by molar-refractivity contribution is 5.89. The maximum Gasteiger partial charge on any atom is 0.358 e. The highest BCUT2D eigenvalue weighted by atomic mass is 16.5. The predicted octanol–water partition coefficient (Wildman–Crippen LogP) is 2.76. The molecule has 0 saturated carbocycles. The lowest BCUT2D eigenvalue weighted by Crippen LogP contribution is -2.09. The Morgan fingerprint density at radius 3 is 2.48 bits per heavy atom. The molecular weight excluding hydrogens is 270 g/mol. The highest BCUT2D eigenvalue weighted by Crippen LogP contribution is 2.26. The Labute approximate surface area is 120 Å². The van der Waals surface area contributed by atoms with Crippen LogP contribution in [-0.4, -0.2) is 25.8 Å². The second-order valence-electron chi connectivity index (χ2n) is 4.19. The highest BCUT2D eigenvalue weighted by Gasteiger charge is 2.20. The smallest absolute Gasteiger partial charge is 0.358 e. The fraction of sp³-hybridized carbons (Fsp3) is 0. The van der Waals surface area contributed by atoms with E-state index in [1.807, 2.05) is 18.2 Å². The van der Waals surface area contributed by atoms with Crippen molar-refractivity contribution in [1.82, 2.24) is 14.8 Å². The number of aromatic nitrogens is 3. The average Bonchev–Trinajstić information content (AvgIpc) is 2.93. The normalized spacial score (nSPS) is 10.3. The molecule has 2 heterocycles.